The van der Waals surface area contributed by atoms with E-state index in [9.17, 15) is 0 Å². The molecule has 0 aliphatic carbocycles. The summed E-state index contributed by atoms with van der Waals surface area (Å²) in [7, 11) is 1.68. The molecule has 0 spiro atoms. The summed E-state index contributed by atoms with van der Waals surface area (Å²) in [5.74, 6) is 0.884. The zero-order valence-electron chi connectivity index (χ0n) is 9.36. The number of methoxy groups -OCH3 is 1. The molecule has 1 aromatic heterocycles. The zero-order valence-corrected chi connectivity index (χ0v) is 10.2. The Morgan fingerprint density at radius 1 is 1.44 bits per heavy atom. The van der Waals surface area contributed by atoms with E-state index in [4.69, 9.17) is 4.74 Å². The van der Waals surface area contributed by atoms with Crippen molar-refractivity contribution in [2.24, 2.45) is 0 Å². The molecule has 0 saturated heterocycles. The third-order valence-corrected chi connectivity index (χ3v) is 3.11. The Hall–Kier alpha value is -1.55. The first-order valence-electron chi connectivity index (χ1n) is 5.07. The summed E-state index contributed by atoms with van der Waals surface area (Å²) in [6.07, 6.45) is 0. The first-order chi connectivity index (χ1) is 7.78. The predicted molar refractivity (Wildman–Crippen MR) is 67.2 cm³/mol. The molecular formula is C12H14N2OS. The second kappa shape index (κ2) is 4.99. The van der Waals surface area contributed by atoms with Crippen LogP contribution in [0.25, 0.3) is 0 Å². The summed E-state index contributed by atoms with van der Waals surface area (Å²) in [6, 6.07) is 8.02. The van der Waals surface area contributed by atoms with Crippen LogP contribution in [0.2, 0.25) is 0 Å². The highest BCUT2D eigenvalue weighted by molar-refractivity contribution is 7.13. The lowest BCUT2D eigenvalue weighted by molar-refractivity contribution is 0.414. The van der Waals surface area contributed by atoms with Crippen LogP contribution in [0, 0.1) is 6.92 Å². The fourth-order valence-electron chi connectivity index (χ4n) is 1.40. The molecule has 16 heavy (non-hydrogen) atoms. The van der Waals surface area contributed by atoms with Gasteiger partial charge in [-0.2, -0.15) is 0 Å². The Morgan fingerprint density at radius 2 is 2.31 bits per heavy atom. The van der Waals surface area contributed by atoms with Crippen molar-refractivity contribution in [3.8, 4) is 5.75 Å². The molecular weight excluding hydrogens is 220 g/mol. The van der Waals surface area contributed by atoms with E-state index >= 15 is 0 Å². The molecule has 0 radical (unpaired) electrons. The van der Waals surface area contributed by atoms with Crippen molar-refractivity contribution in [1.29, 1.82) is 0 Å². The van der Waals surface area contributed by atoms with Crippen LogP contribution in [0.4, 0.5) is 5.13 Å². The predicted octanol–water partition coefficient (Wildman–Crippen LogP) is 3.07. The van der Waals surface area contributed by atoms with Gasteiger partial charge in [0.1, 0.15) is 5.75 Å². The molecule has 1 N–H and O–H groups in total. The Balaban J connectivity index is 1.99. The fraction of sp³-hybridized carbons (Fsp3) is 0.250. The van der Waals surface area contributed by atoms with Gasteiger partial charge in [-0.3, -0.25) is 0 Å². The van der Waals surface area contributed by atoms with Crippen molar-refractivity contribution in [3.05, 3.63) is 40.9 Å². The molecule has 2 aromatic rings. The molecule has 0 unspecified atom stereocenters. The van der Waals surface area contributed by atoms with Crippen molar-refractivity contribution in [3.63, 3.8) is 0 Å². The van der Waals surface area contributed by atoms with E-state index in [-0.39, 0.29) is 0 Å². The first-order valence-corrected chi connectivity index (χ1v) is 5.95. The number of aryl methyl sites for hydroxylation is 1. The van der Waals surface area contributed by atoms with Crippen molar-refractivity contribution in [1.82, 2.24) is 4.98 Å². The molecule has 2 rings (SSSR count). The summed E-state index contributed by atoms with van der Waals surface area (Å²) < 4.78 is 5.17. The van der Waals surface area contributed by atoms with E-state index in [0.29, 0.717) is 0 Å². The Morgan fingerprint density at radius 3 is 3.00 bits per heavy atom. The molecule has 0 atom stereocenters. The van der Waals surface area contributed by atoms with Crippen LogP contribution in [0.3, 0.4) is 0 Å². The highest BCUT2D eigenvalue weighted by atomic mass is 32.1. The SMILES string of the molecule is COc1cccc(CNc2nc(C)cs2)c1. The highest BCUT2D eigenvalue weighted by Gasteiger charge is 1.99. The van der Waals surface area contributed by atoms with E-state index in [0.717, 1.165) is 23.1 Å². The number of nitrogens with one attached hydrogen (secondary N) is 1. The number of thiazole rings is 1. The van der Waals surface area contributed by atoms with Crippen LogP contribution in [0.5, 0.6) is 5.75 Å². The molecule has 0 aliphatic heterocycles. The van der Waals surface area contributed by atoms with Crippen molar-refractivity contribution in [2.75, 3.05) is 12.4 Å². The quantitative estimate of drug-likeness (QED) is 0.882. The smallest absolute Gasteiger partial charge is 0.183 e. The minimum Gasteiger partial charge on any atom is -0.497 e. The van der Waals surface area contributed by atoms with Crippen molar-refractivity contribution < 1.29 is 4.74 Å². The monoisotopic (exact) mass is 234 g/mol. The van der Waals surface area contributed by atoms with Gasteiger partial charge in [-0.1, -0.05) is 12.1 Å². The second-order valence-corrected chi connectivity index (χ2v) is 4.36. The van der Waals surface area contributed by atoms with E-state index < -0.39 is 0 Å². The van der Waals surface area contributed by atoms with Gasteiger partial charge >= 0.3 is 0 Å². The van der Waals surface area contributed by atoms with Crippen LogP contribution in [0.15, 0.2) is 29.6 Å². The van der Waals surface area contributed by atoms with Gasteiger partial charge in [0, 0.05) is 11.9 Å². The van der Waals surface area contributed by atoms with Crippen LogP contribution in [-0.2, 0) is 6.54 Å². The summed E-state index contributed by atoms with van der Waals surface area (Å²) in [4.78, 5) is 4.34. The third-order valence-electron chi connectivity index (χ3n) is 2.20. The average Bonchev–Trinajstić information content (AvgIpc) is 2.73. The summed E-state index contributed by atoms with van der Waals surface area (Å²) >= 11 is 1.63. The van der Waals surface area contributed by atoms with Crippen LogP contribution in [0.1, 0.15) is 11.3 Å². The maximum absolute atomic E-state index is 5.17. The van der Waals surface area contributed by atoms with Gasteiger partial charge in [0.25, 0.3) is 0 Å². The van der Waals surface area contributed by atoms with Crippen molar-refractivity contribution >= 4 is 16.5 Å². The van der Waals surface area contributed by atoms with Gasteiger partial charge in [0.2, 0.25) is 0 Å². The Kier molecular flexibility index (Phi) is 3.41. The molecule has 0 aliphatic rings. The number of benzene rings is 1. The number of ether oxygens (including phenoxy) is 1. The summed E-state index contributed by atoms with van der Waals surface area (Å²) in [5, 5.41) is 6.28. The lowest BCUT2D eigenvalue weighted by atomic mass is 10.2. The van der Waals surface area contributed by atoms with Gasteiger partial charge in [-0.15, -0.1) is 11.3 Å². The van der Waals surface area contributed by atoms with Gasteiger partial charge in [-0.05, 0) is 24.6 Å². The minimum atomic E-state index is 0.768. The molecule has 0 amide bonds. The van der Waals surface area contributed by atoms with E-state index in [2.05, 4.69) is 16.4 Å². The number of anilines is 1. The normalized spacial score (nSPS) is 10.1. The number of nitrogens with zero attached hydrogens (tertiary/aromatic N) is 1. The summed E-state index contributed by atoms with van der Waals surface area (Å²) in [6.45, 7) is 2.76. The molecule has 0 bridgehead atoms. The lowest BCUT2D eigenvalue weighted by Gasteiger charge is -2.05. The maximum Gasteiger partial charge on any atom is 0.183 e. The number of aromatic nitrogens is 1. The molecule has 1 aromatic carbocycles. The van der Waals surface area contributed by atoms with E-state index in [1.165, 1.54) is 5.56 Å². The molecule has 84 valence electrons. The maximum atomic E-state index is 5.17. The number of hydrogen-bond donors (Lipinski definition) is 1. The van der Waals surface area contributed by atoms with Crippen LogP contribution >= 0.6 is 11.3 Å². The van der Waals surface area contributed by atoms with E-state index in [1.54, 1.807) is 18.4 Å². The Bertz CT molecular complexity index is 468. The fourth-order valence-corrected chi connectivity index (χ4v) is 2.08. The zero-order chi connectivity index (χ0) is 11.4. The first kappa shape index (κ1) is 11.0. The number of rotatable bonds is 4. The molecule has 1 heterocycles. The molecule has 0 saturated carbocycles. The van der Waals surface area contributed by atoms with Gasteiger partial charge in [-0.25, -0.2) is 4.98 Å². The van der Waals surface area contributed by atoms with Crippen LogP contribution in [-0.4, -0.2) is 12.1 Å². The lowest BCUT2D eigenvalue weighted by Crippen LogP contribution is -1.99. The van der Waals surface area contributed by atoms with Gasteiger partial charge in [0.05, 0.1) is 12.8 Å². The van der Waals surface area contributed by atoms with Gasteiger partial charge < -0.3 is 10.1 Å². The largest absolute Gasteiger partial charge is 0.497 e. The molecule has 4 heteroatoms. The highest BCUT2D eigenvalue weighted by Crippen LogP contribution is 2.17. The Labute approximate surface area is 99.1 Å². The van der Waals surface area contributed by atoms with Crippen molar-refractivity contribution in [2.45, 2.75) is 13.5 Å². The molecule has 3 nitrogen and oxygen atoms in total. The third kappa shape index (κ3) is 2.73. The topological polar surface area (TPSA) is 34.1 Å². The minimum absolute atomic E-state index is 0.768. The average molecular weight is 234 g/mol. The standard InChI is InChI=1S/C12H14N2OS/c1-9-8-16-12(14-9)13-7-10-4-3-5-11(6-10)15-2/h3-6,8H,7H2,1-2H3,(H,13,14). The molecule has 0 fully saturated rings. The second-order valence-electron chi connectivity index (χ2n) is 3.50. The van der Waals surface area contributed by atoms with Gasteiger partial charge in [0.15, 0.2) is 5.13 Å². The van der Waals surface area contributed by atoms with E-state index in [1.807, 2.05) is 30.5 Å². The van der Waals surface area contributed by atoms with Crippen LogP contribution < -0.4 is 10.1 Å². The summed E-state index contributed by atoms with van der Waals surface area (Å²) in [5.41, 5.74) is 2.24. The number of hydrogen-bond acceptors (Lipinski definition) is 4.